The monoisotopic (exact) mass is 366 g/mol. The van der Waals surface area contributed by atoms with Crippen LogP contribution in [0.4, 0.5) is 0 Å². The number of nitrogens with zero attached hydrogens (tertiary/aromatic N) is 5. The summed E-state index contributed by atoms with van der Waals surface area (Å²) in [6, 6.07) is 10.1. The Hall–Kier alpha value is -2.84. The van der Waals surface area contributed by atoms with Gasteiger partial charge in [-0.1, -0.05) is 24.3 Å². The smallest absolute Gasteiger partial charge is 0.291 e. The number of carbonyl (C=O) groups is 1. The Morgan fingerprint density at radius 2 is 1.89 bits per heavy atom. The summed E-state index contributed by atoms with van der Waals surface area (Å²) in [4.78, 5) is 23.0. The van der Waals surface area contributed by atoms with Gasteiger partial charge in [0.15, 0.2) is 0 Å². The molecule has 0 unspecified atom stereocenters. The summed E-state index contributed by atoms with van der Waals surface area (Å²) in [6.45, 7) is 6.79. The summed E-state index contributed by atoms with van der Waals surface area (Å²) in [5, 5.41) is 7.08. The summed E-state index contributed by atoms with van der Waals surface area (Å²) in [5.74, 6) is 0.241. The molecular weight excluding hydrogens is 344 g/mol. The van der Waals surface area contributed by atoms with Gasteiger partial charge in [0.1, 0.15) is 0 Å². The second-order valence-corrected chi connectivity index (χ2v) is 6.62. The van der Waals surface area contributed by atoms with Crippen molar-refractivity contribution in [2.75, 3.05) is 26.3 Å². The molecule has 27 heavy (non-hydrogen) atoms. The lowest BCUT2D eigenvalue weighted by Gasteiger charge is -2.26. The number of hydrogen-bond donors (Lipinski definition) is 1. The molecule has 8 nitrogen and oxygen atoms in total. The van der Waals surface area contributed by atoms with Crippen LogP contribution >= 0.6 is 0 Å². The normalized spacial score (nSPS) is 15.1. The van der Waals surface area contributed by atoms with E-state index in [1.807, 2.05) is 25.1 Å². The Bertz CT molecular complexity index is 931. The average molecular weight is 366 g/mol. The van der Waals surface area contributed by atoms with E-state index in [9.17, 15) is 4.79 Å². The van der Waals surface area contributed by atoms with Crippen molar-refractivity contribution in [3.05, 3.63) is 59.2 Å². The SMILES string of the molecule is Cc1ccnc2nc(C(=O)NCc3ccc(CN4CCOCC4)cc3)nn12. The molecule has 8 heteroatoms. The summed E-state index contributed by atoms with van der Waals surface area (Å²) in [5.41, 5.74) is 3.17. The maximum Gasteiger partial charge on any atom is 0.291 e. The molecule has 0 saturated carbocycles. The molecule has 4 rings (SSSR count). The van der Waals surface area contributed by atoms with Crippen molar-refractivity contribution in [3.63, 3.8) is 0 Å². The predicted molar refractivity (Wildman–Crippen MR) is 99.2 cm³/mol. The highest BCUT2D eigenvalue weighted by Crippen LogP contribution is 2.09. The van der Waals surface area contributed by atoms with Crippen molar-refractivity contribution >= 4 is 11.7 Å². The number of hydrogen-bond acceptors (Lipinski definition) is 6. The second kappa shape index (κ2) is 7.81. The molecule has 3 heterocycles. The standard InChI is InChI=1S/C19H22N6O2/c1-14-6-7-20-19-22-17(23-25(14)19)18(26)21-12-15-2-4-16(5-3-15)13-24-8-10-27-11-9-24/h2-7H,8-13H2,1H3,(H,21,26). The maximum absolute atomic E-state index is 12.3. The predicted octanol–water partition coefficient (Wildman–Crippen LogP) is 1.19. The number of carbonyl (C=O) groups excluding carboxylic acids is 1. The van der Waals surface area contributed by atoms with Crippen LogP contribution < -0.4 is 5.32 Å². The van der Waals surface area contributed by atoms with E-state index >= 15 is 0 Å². The number of morpholine rings is 1. The zero-order valence-corrected chi connectivity index (χ0v) is 15.3. The van der Waals surface area contributed by atoms with E-state index in [2.05, 4.69) is 37.4 Å². The third-order valence-corrected chi connectivity index (χ3v) is 4.62. The molecule has 1 N–H and O–H groups in total. The fourth-order valence-corrected chi connectivity index (χ4v) is 3.04. The van der Waals surface area contributed by atoms with Crippen molar-refractivity contribution in [1.82, 2.24) is 29.8 Å². The number of aryl methyl sites for hydroxylation is 1. The molecule has 1 amide bonds. The molecule has 1 aliphatic rings. The van der Waals surface area contributed by atoms with E-state index < -0.39 is 0 Å². The van der Waals surface area contributed by atoms with Crippen LogP contribution in [0.5, 0.6) is 0 Å². The highest BCUT2D eigenvalue weighted by atomic mass is 16.5. The Morgan fingerprint density at radius 3 is 2.63 bits per heavy atom. The van der Waals surface area contributed by atoms with Gasteiger partial charge in [-0.2, -0.15) is 4.98 Å². The second-order valence-electron chi connectivity index (χ2n) is 6.62. The van der Waals surface area contributed by atoms with Crippen molar-refractivity contribution in [2.24, 2.45) is 0 Å². The quantitative estimate of drug-likeness (QED) is 0.730. The van der Waals surface area contributed by atoms with Crippen molar-refractivity contribution in [2.45, 2.75) is 20.0 Å². The van der Waals surface area contributed by atoms with Crippen molar-refractivity contribution in [1.29, 1.82) is 0 Å². The Kier molecular flexibility index (Phi) is 5.08. The summed E-state index contributed by atoms with van der Waals surface area (Å²) >= 11 is 0. The molecule has 0 radical (unpaired) electrons. The molecule has 1 aliphatic heterocycles. The lowest BCUT2D eigenvalue weighted by molar-refractivity contribution is 0.0342. The third kappa shape index (κ3) is 4.12. The van der Waals surface area contributed by atoms with E-state index in [-0.39, 0.29) is 11.7 Å². The van der Waals surface area contributed by atoms with Crippen LogP contribution in [-0.4, -0.2) is 56.7 Å². The fraction of sp³-hybridized carbons (Fsp3) is 0.368. The molecule has 0 spiro atoms. The average Bonchev–Trinajstić information content (AvgIpc) is 3.14. The molecule has 2 aromatic heterocycles. The van der Waals surface area contributed by atoms with Crippen LogP contribution in [0.1, 0.15) is 27.4 Å². The molecule has 0 aliphatic carbocycles. The summed E-state index contributed by atoms with van der Waals surface area (Å²) in [7, 11) is 0. The topological polar surface area (TPSA) is 84.7 Å². The van der Waals surface area contributed by atoms with Gasteiger partial charge in [-0.3, -0.25) is 9.69 Å². The van der Waals surface area contributed by atoms with E-state index in [4.69, 9.17) is 4.74 Å². The Labute approximate surface area is 157 Å². The number of nitrogens with one attached hydrogen (secondary N) is 1. The van der Waals surface area contributed by atoms with E-state index in [1.165, 1.54) is 5.56 Å². The van der Waals surface area contributed by atoms with Gasteiger partial charge >= 0.3 is 0 Å². The lowest BCUT2D eigenvalue weighted by Crippen LogP contribution is -2.35. The first-order valence-electron chi connectivity index (χ1n) is 9.03. The summed E-state index contributed by atoms with van der Waals surface area (Å²) in [6.07, 6.45) is 1.65. The van der Waals surface area contributed by atoms with Crippen LogP contribution in [0, 0.1) is 6.92 Å². The molecular formula is C19H22N6O2. The Morgan fingerprint density at radius 1 is 1.15 bits per heavy atom. The number of fused-ring (bicyclic) bond motifs is 1. The zero-order chi connectivity index (χ0) is 18.6. The minimum Gasteiger partial charge on any atom is -0.379 e. The van der Waals surface area contributed by atoms with Crippen LogP contribution in [0.25, 0.3) is 5.78 Å². The van der Waals surface area contributed by atoms with Crippen LogP contribution in [0.3, 0.4) is 0 Å². The first-order chi connectivity index (χ1) is 13.2. The summed E-state index contributed by atoms with van der Waals surface area (Å²) < 4.78 is 6.94. The van der Waals surface area contributed by atoms with Crippen LogP contribution in [0.2, 0.25) is 0 Å². The van der Waals surface area contributed by atoms with Gasteiger partial charge in [0.25, 0.3) is 11.7 Å². The molecule has 1 saturated heterocycles. The first-order valence-corrected chi connectivity index (χ1v) is 9.03. The first kappa shape index (κ1) is 17.6. The highest BCUT2D eigenvalue weighted by Gasteiger charge is 2.14. The van der Waals surface area contributed by atoms with E-state index in [0.29, 0.717) is 12.3 Å². The van der Waals surface area contributed by atoms with Gasteiger partial charge in [0.2, 0.25) is 5.82 Å². The largest absolute Gasteiger partial charge is 0.379 e. The molecule has 140 valence electrons. The number of amides is 1. The van der Waals surface area contributed by atoms with Gasteiger partial charge in [0, 0.05) is 38.1 Å². The fourth-order valence-electron chi connectivity index (χ4n) is 3.04. The Balaban J connectivity index is 1.34. The third-order valence-electron chi connectivity index (χ3n) is 4.62. The van der Waals surface area contributed by atoms with E-state index in [0.717, 1.165) is 44.1 Å². The molecule has 1 aromatic carbocycles. The van der Waals surface area contributed by atoms with Gasteiger partial charge in [-0.25, -0.2) is 9.50 Å². The maximum atomic E-state index is 12.3. The number of benzene rings is 1. The van der Waals surface area contributed by atoms with Gasteiger partial charge < -0.3 is 10.1 Å². The molecule has 3 aromatic rings. The van der Waals surface area contributed by atoms with Gasteiger partial charge in [-0.05, 0) is 24.1 Å². The minimum absolute atomic E-state index is 0.126. The zero-order valence-electron chi connectivity index (χ0n) is 15.3. The number of rotatable bonds is 5. The number of aromatic nitrogens is 4. The van der Waals surface area contributed by atoms with Crippen molar-refractivity contribution in [3.8, 4) is 0 Å². The highest BCUT2D eigenvalue weighted by molar-refractivity contribution is 5.90. The van der Waals surface area contributed by atoms with Gasteiger partial charge in [0.05, 0.1) is 13.2 Å². The molecule has 0 atom stereocenters. The molecule has 0 bridgehead atoms. The lowest BCUT2D eigenvalue weighted by atomic mass is 10.1. The molecule has 1 fully saturated rings. The van der Waals surface area contributed by atoms with E-state index in [1.54, 1.807) is 10.7 Å². The van der Waals surface area contributed by atoms with Crippen LogP contribution in [-0.2, 0) is 17.8 Å². The van der Waals surface area contributed by atoms with Gasteiger partial charge in [-0.15, -0.1) is 5.10 Å². The minimum atomic E-state index is -0.308. The van der Waals surface area contributed by atoms with Crippen molar-refractivity contribution < 1.29 is 9.53 Å². The number of ether oxygens (including phenoxy) is 1. The van der Waals surface area contributed by atoms with Crippen LogP contribution in [0.15, 0.2) is 36.5 Å².